The Morgan fingerprint density at radius 3 is 2.85 bits per heavy atom. The Kier molecular flexibility index (Phi) is 4.55. The van der Waals surface area contributed by atoms with E-state index in [9.17, 15) is 4.79 Å². The van der Waals surface area contributed by atoms with Crippen LogP contribution in [-0.4, -0.2) is 36.2 Å². The maximum atomic E-state index is 12.1. The molecule has 1 aliphatic heterocycles. The van der Waals surface area contributed by atoms with E-state index in [1.807, 2.05) is 45.0 Å². The zero-order valence-electron chi connectivity index (χ0n) is 12.1. The predicted molar refractivity (Wildman–Crippen MR) is 80.0 cm³/mol. The zero-order chi connectivity index (χ0) is 14.8. The molecule has 4 nitrogen and oxygen atoms in total. The topological polar surface area (TPSA) is 41.6 Å². The molecule has 1 aromatic carbocycles. The van der Waals surface area contributed by atoms with E-state index in [2.05, 4.69) is 5.32 Å². The number of hydrogen-bond donors (Lipinski definition) is 1. The first kappa shape index (κ1) is 15.1. The second kappa shape index (κ2) is 6.02. The maximum Gasteiger partial charge on any atom is 0.410 e. The van der Waals surface area contributed by atoms with Gasteiger partial charge in [0.05, 0.1) is 6.04 Å². The van der Waals surface area contributed by atoms with Crippen molar-refractivity contribution in [2.24, 2.45) is 0 Å². The Morgan fingerprint density at radius 1 is 1.45 bits per heavy atom. The standard InChI is InChI=1S/C15H21ClN2O2/c1-15(2,3)20-14(19)18-8-7-17-13(10-18)11-5-4-6-12(16)9-11/h4-6,9,13,17H,7-8,10H2,1-3H3. The van der Waals surface area contributed by atoms with Gasteiger partial charge in [-0.15, -0.1) is 0 Å². The van der Waals surface area contributed by atoms with E-state index in [1.165, 1.54) is 0 Å². The van der Waals surface area contributed by atoms with Crippen LogP contribution in [0.25, 0.3) is 0 Å². The minimum Gasteiger partial charge on any atom is -0.444 e. The summed E-state index contributed by atoms with van der Waals surface area (Å²) in [5, 5.41) is 4.11. The number of nitrogens with zero attached hydrogens (tertiary/aromatic N) is 1. The number of halogens is 1. The smallest absolute Gasteiger partial charge is 0.410 e. The van der Waals surface area contributed by atoms with Crippen molar-refractivity contribution in [1.29, 1.82) is 0 Å². The summed E-state index contributed by atoms with van der Waals surface area (Å²) in [5.74, 6) is 0. The van der Waals surface area contributed by atoms with Gasteiger partial charge in [-0.25, -0.2) is 4.79 Å². The summed E-state index contributed by atoms with van der Waals surface area (Å²) in [7, 11) is 0. The number of benzene rings is 1. The predicted octanol–water partition coefficient (Wildman–Crippen LogP) is 3.22. The van der Waals surface area contributed by atoms with Crippen molar-refractivity contribution >= 4 is 17.7 Å². The molecule has 1 saturated heterocycles. The number of hydrogen-bond acceptors (Lipinski definition) is 3. The lowest BCUT2D eigenvalue weighted by atomic mass is 10.0. The van der Waals surface area contributed by atoms with Crippen molar-refractivity contribution in [3.05, 3.63) is 34.9 Å². The third-order valence-electron chi connectivity index (χ3n) is 3.08. The van der Waals surface area contributed by atoms with Gasteiger partial charge in [-0.3, -0.25) is 0 Å². The average molecular weight is 297 g/mol. The molecule has 0 spiro atoms. The van der Waals surface area contributed by atoms with Crippen LogP contribution in [0.4, 0.5) is 4.79 Å². The van der Waals surface area contributed by atoms with Gasteiger partial charge in [0.15, 0.2) is 0 Å². The second-order valence-corrected chi connectivity index (χ2v) is 6.42. The van der Waals surface area contributed by atoms with E-state index in [0.29, 0.717) is 18.1 Å². The average Bonchev–Trinajstić information content (AvgIpc) is 2.37. The van der Waals surface area contributed by atoms with Crippen LogP contribution < -0.4 is 5.32 Å². The minimum absolute atomic E-state index is 0.0926. The molecule has 0 radical (unpaired) electrons. The lowest BCUT2D eigenvalue weighted by Crippen LogP contribution is -2.49. The van der Waals surface area contributed by atoms with Crippen LogP contribution in [0.2, 0.25) is 5.02 Å². The Morgan fingerprint density at radius 2 is 2.20 bits per heavy atom. The van der Waals surface area contributed by atoms with Gasteiger partial charge in [0.2, 0.25) is 0 Å². The number of carbonyl (C=O) groups excluding carboxylic acids is 1. The van der Waals surface area contributed by atoms with Crippen molar-refractivity contribution in [3.63, 3.8) is 0 Å². The molecule has 1 N–H and O–H groups in total. The molecule has 1 aliphatic rings. The summed E-state index contributed by atoms with van der Waals surface area (Å²) in [6.45, 7) is 7.63. The van der Waals surface area contributed by atoms with Crippen LogP contribution in [0.1, 0.15) is 32.4 Å². The van der Waals surface area contributed by atoms with E-state index in [0.717, 1.165) is 12.1 Å². The van der Waals surface area contributed by atoms with Crippen molar-refractivity contribution < 1.29 is 9.53 Å². The van der Waals surface area contributed by atoms with Gasteiger partial charge >= 0.3 is 6.09 Å². The number of amides is 1. The number of ether oxygens (including phenoxy) is 1. The molecule has 1 unspecified atom stereocenters. The van der Waals surface area contributed by atoms with Gasteiger partial charge in [-0.05, 0) is 38.5 Å². The molecule has 1 atom stereocenters. The molecular weight excluding hydrogens is 276 g/mol. The summed E-state index contributed by atoms with van der Waals surface area (Å²) in [5.41, 5.74) is 0.624. The molecule has 0 aliphatic carbocycles. The van der Waals surface area contributed by atoms with Crippen molar-refractivity contribution in [1.82, 2.24) is 10.2 Å². The third-order valence-corrected chi connectivity index (χ3v) is 3.31. The molecule has 2 rings (SSSR count). The summed E-state index contributed by atoms with van der Waals surface area (Å²) in [6, 6.07) is 7.81. The monoisotopic (exact) mass is 296 g/mol. The fourth-order valence-corrected chi connectivity index (χ4v) is 2.39. The van der Waals surface area contributed by atoms with Crippen LogP contribution >= 0.6 is 11.6 Å². The first-order valence-electron chi connectivity index (χ1n) is 6.82. The first-order chi connectivity index (χ1) is 9.35. The van der Waals surface area contributed by atoms with E-state index in [-0.39, 0.29) is 12.1 Å². The maximum absolute atomic E-state index is 12.1. The van der Waals surface area contributed by atoms with Gasteiger partial charge < -0.3 is 15.0 Å². The molecule has 1 heterocycles. The van der Waals surface area contributed by atoms with Gasteiger partial charge in [0.1, 0.15) is 5.60 Å². The highest BCUT2D eigenvalue weighted by atomic mass is 35.5. The summed E-state index contributed by atoms with van der Waals surface area (Å²) >= 11 is 6.02. The summed E-state index contributed by atoms with van der Waals surface area (Å²) in [6.07, 6.45) is -0.258. The number of rotatable bonds is 1. The molecule has 20 heavy (non-hydrogen) atoms. The summed E-state index contributed by atoms with van der Waals surface area (Å²) < 4.78 is 5.42. The van der Waals surface area contributed by atoms with Crippen LogP contribution in [0.5, 0.6) is 0 Å². The molecular formula is C15H21ClN2O2. The number of nitrogens with one attached hydrogen (secondary N) is 1. The lowest BCUT2D eigenvalue weighted by molar-refractivity contribution is 0.0195. The van der Waals surface area contributed by atoms with Crippen LogP contribution in [0, 0.1) is 0 Å². The van der Waals surface area contributed by atoms with Gasteiger partial charge in [-0.2, -0.15) is 0 Å². The highest BCUT2D eigenvalue weighted by Gasteiger charge is 2.27. The van der Waals surface area contributed by atoms with Crippen LogP contribution in [-0.2, 0) is 4.74 Å². The molecule has 5 heteroatoms. The van der Waals surface area contributed by atoms with Gasteiger partial charge in [-0.1, -0.05) is 23.7 Å². The molecule has 110 valence electrons. The quantitative estimate of drug-likeness (QED) is 0.865. The Balaban J connectivity index is 2.03. The highest BCUT2D eigenvalue weighted by Crippen LogP contribution is 2.21. The van der Waals surface area contributed by atoms with Crippen LogP contribution in [0.15, 0.2) is 24.3 Å². The minimum atomic E-state index is -0.465. The van der Waals surface area contributed by atoms with E-state index < -0.39 is 5.60 Å². The van der Waals surface area contributed by atoms with E-state index in [4.69, 9.17) is 16.3 Å². The zero-order valence-corrected chi connectivity index (χ0v) is 12.9. The van der Waals surface area contributed by atoms with Crippen molar-refractivity contribution in [2.75, 3.05) is 19.6 Å². The highest BCUT2D eigenvalue weighted by molar-refractivity contribution is 6.30. The SMILES string of the molecule is CC(C)(C)OC(=O)N1CCNC(c2cccc(Cl)c2)C1. The molecule has 1 amide bonds. The molecule has 0 saturated carbocycles. The normalized spacial score (nSPS) is 19.8. The van der Waals surface area contributed by atoms with Crippen molar-refractivity contribution in [2.45, 2.75) is 32.4 Å². The van der Waals surface area contributed by atoms with Gasteiger partial charge in [0.25, 0.3) is 0 Å². The number of piperazine rings is 1. The summed E-state index contributed by atoms with van der Waals surface area (Å²) in [4.78, 5) is 13.9. The fourth-order valence-electron chi connectivity index (χ4n) is 2.19. The van der Waals surface area contributed by atoms with Crippen LogP contribution in [0.3, 0.4) is 0 Å². The Bertz CT molecular complexity index is 485. The molecule has 0 aromatic heterocycles. The van der Waals surface area contributed by atoms with E-state index >= 15 is 0 Å². The molecule has 0 bridgehead atoms. The lowest BCUT2D eigenvalue weighted by Gasteiger charge is -2.35. The molecule has 1 fully saturated rings. The second-order valence-electron chi connectivity index (χ2n) is 5.99. The first-order valence-corrected chi connectivity index (χ1v) is 7.20. The third kappa shape index (κ3) is 4.12. The number of carbonyl (C=O) groups is 1. The fraction of sp³-hybridized carbons (Fsp3) is 0.533. The van der Waals surface area contributed by atoms with Gasteiger partial charge in [0, 0.05) is 24.7 Å². The molecule has 1 aromatic rings. The Labute approximate surface area is 125 Å². The Hall–Kier alpha value is -1.26. The largest absolute Gasteiger partial charge is 0.444 e. The van der Waals surface area contributed by atoms with E-state index in [1.54, 1.807) is 4.90 Å². The van der Waals surface area contributed by atoms with Crippen molar-refractivity contribution in [3.8, 4) is 0 Å².